The molecule has 0 aromatic heterocycles. The van der Waals surface area contributed by atoms with E-state index in [1.807, 2.05) is 0 Å². The Balaban J connectivity index is 2.33. The Bertz CT molecular complexity index is 449. The minimum atomic E-state index is -4.16. The van der Waals surface area contributed by atoms with E-state index < -0.39 is 18.6 Å². The molecular weight excluding hydrogens is 275 g/mol. The highest BCUT2D eigenvalue weighted by atomic mass is 19.4. The monoisotopic (exact) mass is 291 g/mol. The van der Waals surface area contributed by atoms with E-state index in [0.717, 1.165) is 0 Å². The van der Waals surface area contributed by atoms with Crippen molar-refractivity contribution in [3.63, 3.8) is 0 Å². The van der Waals surface area contributed by atoms with E-state index in [0.29, 0.717) is 12.3 Å². The maximum absolute atomic E-state index is 12.0. The number of hydrogen-bond acceptors (Lipinski definition) is 3. The van der Waals surface area contributed by atoms with Gasteiger partial charge in [0.15, 0.2) is 0 Å². The summed E-state index contributed by atoms with van der Waals surface area (Å²) in [5.41, 5.74) is 0.105. The van der Waals surface area contributed by atoms with Gasteiger partial charge < -0.3 is 14.7 Å². The van der Waals surface area contributed by atoms with E-state index in [1.54, 1.807) is 19.2 Å². The van der Waals surface area contributed by atoms with Crippen LogP contribution in [-0.4, -0.2) is 48.9 Å². The van der Waals surface area contributed by atoms with Crippen molar-refractivity contribution in [2.45, 2.75) is 12.6 Å². The second-order valence-electron chi connectivity index (χ2n) is 4.35. The predicted octanol–water partition coefficient (Wildman–Crippen LogP) is 2.65. The van der Waals surface area contributed by atoms with E-state index in [4.69, 9.17) is 9.84 Å². The number of hydrogen-bond donors (Lipinski definition) is 1. The molecule has 0 aliphatic carbocycles. The van der Waals surface area contributed by atoms with Crippen LogP contribution >= 0.6 is 0 Å². The van der Waals surface area contributed by atoms with Crippen LogP contribution in [0.4, 0.5) is 13.2 Å². The summed E-state index contributed by atoms with van der Waals surface area (Å²) in [4.78, 5) is 12.3. The van der Waals surface area contributed by atoms with Crippen molar-refractivity contribution in [1.82, 2.24) is 4.90 Å². The van der Waals surface area contributed by atoms with Crippen LogP contribution in [0.3, 0.4) is 0 Å². The second-order valence-corrected chi connectivity index (χ2v) is 4.35. The Labute approximate surface area is 114 Å². The van der Waals surface area contributed by atoms with Gasteiger partial charge in [-0.05, 0) is 25.2 Å². The van der Waals surface area contributed by atoms with Gasteiger partial charge in [0.2, 0.25) is 0 Å². The minimum Gasteiger partial charge on any atom is -0.492 e. The van der Waals surface area contributed by atoms with Gasteiger partial charge in [-0.15, -0.1) is 0 Å². The predicted molar refractivity (Wildman–Crippen MR) is 67.1 cm³/mol. The SMILES string of the molecule is CN(CCOc1cccc(C(=O)O)c1)CCC(F)(F)F. The molecule has 1 aromatic rings. The summed E-state index contributed by atoms with van der Waals surface area (Å²) in [5.74, 6) is -0.674. The number of likely N-dealkylation sites (N-methyl/N-ethyl adjacent to an activating group) is 1. The number of halogens is 3. The Morgan fingerprint density at radius 3 is 2.65 bits per heavy atom. The molecule has 1 aromatic carbocycles. The van der Waals surface area contributed by atoms with E-state index in [-0.39, 0.29) is 18.7 Å². The largest absolute Gasteiger partial charge is 0.492 e. The summed E-state index contributed by atoms with van der Waals surface area (Å²) in [7, 11) is 1.57. The Morgan fingerprint density at radius 2 is 2.05 bits per heavy atom. The standard InChI is InChI=1S/C13H16F3NO3/c1-17(6-5-13(14,15)16)7-8-20-11-4-2-3-10(9-11)12(18)19/h2-4,9H,5-8H2,1H3,(H,18,19). The zero-order valence-corrected chi connectivity index (χ0v) is 11.0. The third-order valence-corrected chi connectivity index (χ3v) is 2.60. The molecule has 0 saturated heterocycles. The molecule has 1 N–H and O–H groups in total. The normalized spacial score (nSPS) is 11.7. The zero-order chi connectivity index (χ0) is 15.2. The number of rotatable bonds is 7. The first-order valence-corrected chi connectivity index (χ1v) is 5.99. The van der Waals surface area contributed by atoms with Crippen molar-refractivity contribution in [2.75, 3.05) is 26.7 Å². The fourth-order valence-corrected chi connectivity index (χ4v) is 1.47. The molecule has 0 unspecified atom stereocenters. The average molecular weight is 291 g/mol. The Kier molecular flexibility index (Phi) is 5.82. The van der Waals surface area contributed by atoms with Crippen LogP contribution in [-0.2, 0) is 0 Å². The highest BCUT2D eigenvalue weighted by Gasteiger charge is 2.26. The lowest BCUT2D eigenvalue weighted by molar-refractivity contribution is -0.137. The molecular formula is C13H16F3NO3. The average Bonchev–Trinajstić information content (AvgIpc) is 2.36. The van der Waals surface area contributed by atoms with Crippen molar-refractivity contribution < 1.29 is 27.8 Å². The molecule has 0 spiro atoms. The molecule has 0 heterocycles. The van der Waals surface area contributed by atoms with Gasteiger partial charge in [0.25, 0.3) is 0 Å². The fourth-order valence-electron chi connectivity index (χ4n) is 1.47. The van der Waals surface area contributed by atoms with Crippen molar-refractivity contribution in [3.8, 4) is 5.75 Å². The van der Waals surface area contributed by atoms with Gasteiger partial charge in [-0.1, -0.05) is 6.07 Å². The third-order valence-electron chi connectivity index (χ3n) is 2.60. The summed E-state index contributed by atoms with van der Waals surface area (Å²) in [6, 6.07) is 5.96. The van der Waals surface area contributed by atoms with Gasteiger partial charge in [0.05, 0.1) is 12.0 Å². The van der Waals surface area contributed by atoms with Crippen molar-refractivity contribution in [2.24, 2.45) is 0 Å². The van der Waals surface area contributed by atoms with E-state index >= 15 is 0 Å². The molecule has 0 bridgehead atoms. The van der Waals surface area contributed by atoms with Gasteiger partial charge >= 0.3 is 12.1 Å². The number of carbonyl (C=O) groups is 1. The van der Waals surface area contributed by atoms with Crippen molar-refractivity contribution in [3.05, 3.63) is 29.8 Å². The molecule has 0 fully saturated rings. The van der Waals surface area contributed by atoms with Gasteiger partial charge in [0, 0.05) is 13.1 Å². The maximum Gasteiger partial charge on any atom is 0.390 e. The summed E-state index contributed by atoms with van der Waals surface area (Å²) in [6.45, 7) is 0.423. The van der Waals surface area contributed by atoms with Gasteiger partial charge in [0.1, 0.15) is 12.4 Å². The first-order chi connectivity index (χ1) is 9.28. The number of carboxylic acid groups (broad SMARTS) is 1. The lowest BCUT2D eigenvalue weighted by Crippen LogP contribution is -2.28. The molecule has 0 saturated carbocycles. The highest BCUT2D eigenvalue weighted by Crippen LogP contribution is 2.19. The molecule has 20 heavy (non-hydrogen) atoms. The minimum absolute atomic E-state index is 0.0952. The Morgan fingerprint density at radius 1 is 1.35 bits per heavy atom. The molecule has 0 amide bonds. The van der Waals surface area contributed by atoms with Crippen LogP contribution in [0.15, 0.2) is 24.3 Å². The molecule has 112 valence electrons. The number of ether oxygens (including phenoxy) is 1. The second kappa shape index (κ2) is 7.14. The van der Waals surface area contributed by atoms with Crippen LogP contribution in [0.1, 0.15) is 16.8 Å². The quantitative estimate of drug-likeness (QED) is 0.839. The number of nitrogens with zero attached hydrogens (tertiary/aromatic N) is 1. The van der Waals surface area contributed by atoms with Crippen LogP contribution in [0.25, 0.3) is 0 Å². The van der Waals surface area contributed by atoms with Crippen LogP contribution < -0.4 is 4.74 Å². The van der Waals surface area contributed by atoms with Crippen molar-refractivity contribution >= 4 is 5.97 Å². The van der Waals surface area contributed by atoms with E-state index in [1.165, 1.54) is 17.0 Å². The summed E-state index contributed by atoms with van der Waals surface area (Å²) in [5, 5.41) is 8.80. The first kappa shape index (κ1) is 16.3. The first-order valence-electron chi connectivity index (χ1n) is 5.99. The third kappa shape index (κ3) is 6.42. The van der Waals surface area contributed by atoms with Gasteiger partial charge in [-0.3, -0.25) is 0 Å². The molecule has 4 nitrogen and oxygen atoms in total. The van der Waals surface area contributed by atoms with E-state index in [9.17, 15) is 18.0 Å². The molecule has 0 atom stereocenters. The number of alkyl halides is 3. The lowest BCUT2D eigenvalue weighted by atomic mass is 10.2. The molecule has 0 aliphatic rings. The molecule has 1 rings (SSSR count). The fraction of sp³-hybridized carbons (Fsp3) is 0.462. The van der Waals surface area contributed by atoms with Gasteiger partial charge in [-0.25, -0.2) is 4.79 Å². The highest BCUT2D eigenvalue weighted by molar-refractivity contribution is 5.87. The lowest BCUT2D eigenvalue weighted by Gasteiger charge is -2.17. The van der Waals surface area contributed by atoms with Crippen LogP contribution in [0, 0.1) is 0 Å². The van der Waals surface area contributed by atoms with E-state index in [2.05, 4.69) is 0 Å². The molecule has 7 heteroatoms. The smallest absolute Gasteiger partial charge is 0.390 e. The zero-order valence-electron chi connectivity index (χ0n) is 11.0. The summed E-state index contributed by atoms with van der Waals surface area (Å²) in [6.07, 6.45) is -5.02. The van der Waals surface area contributed by atoms with Crippen molar-refractivity contribution in [1.29, 1.82) is 0 Å². The molecule has 0 aliphatic heterocycles. The summed E-state index contributed by atoms with van der Waals surface area (Å²) < 4.78 is 41.3. The van der Waals surface area contributed by atoms with Crippen LogP contribution in [0.5, 0.6) is 5.75 Å². The number of carboxylic acids is 1. The van der Waals surface area contributed by atoms with Crippen LogP contribution in [0.2, 0.25) is 0 Å². The number of benzene rings is 1. The number of aromatic carboxylic acids is 1. The Hall–Kier alpha value is -1.76. The topological polar surface area (TPSA) is 49.8 Å². The summed E-state index contributed by atoms with van der Waals surface area (Å²) >= 11 is 0. The molecule has 0 radical (unpaired) electrons. The van der Waals surface area contributed by atoms with Gasteiger partial charge in [-0.2, -0.15) is 13.2 Å². The maximum atomic E-state index is 12.0.